The van der Waals surface area contributed by atoms with E-state index in [4.69, 9.17) is 0 Å². The average Bonchev–Trinajstić information content (AvgIpc) is 3.62. The number of H-pyrrole nitrogens is 1. The van der Waals surface area contributed by atoms with Crippen molar-refractivity contribution in [2.75, 3.05) is 11.6 Å². The molecule has 4 aromatic heterocycles. The number of nitrogens with one attached hydrogen (secondary N) is 2. The van der Waals surface area contributed by atoms with Crippen molar-refractivity contribution in [3.8, 4) is 0 Å². The first kappa shape index (κ1) is 30.3. The Labute approximate surface area is 260 Å². The van der Waals surface area contributed by atoms with E-state index in [0.29, 0.717) is 44.7 Å². The molecule has 0 amide bonds. The molecule has 11 nitrogen and oxygen atoms in total. The summed E-state index contributed by atoms with van der Waals surface area (Å²) in [4.78, 5) is 19.8. The maximum Gasteiger partial charge on any atom is 0.273 e. The molecular weight excluding hydrogens is 613 g/mol. The molecule has 0 fully saturated rings. The lowest BCUT2D eigenvalue weighted by atomic mass is 9.76. The van der Waals surface area contributed by atoms with Gasteiger partial charge in [-0.25, -0.2) is 25.8 Å². The quantitative estimate of drug-likeness (QED) is 0.251. The predicted molar refractivity (Wildman–Crippen MR) is 175 cm³/mol. The van der Waals surface area contributed by atoms with Crippen molar-refractivity contribution < 1.29 is 16.8 Å². The van der Waals surface area contributed by atoms with Gasteiger partial charge in [-0.15, -0.1) is 0 Å². The Kier molecular flexibility index (Phi) is 7.40. The second-order valence-electron chi connectivity index (χ2n) is 11.5. The van der Waals surface area contributed by atoms with Crippen LogP contribution in [-0.2, 0) is 32.7 Å². The monoisotopic (exact) mass is 644 g/mol. The van der Waals surface area contributed by atoms with Crippen LogP contribution in [-0.4, -0.2) is 51.6 Å². The van der Waals surface area contributed by atoms with E-state index in [0.717, 1.165) is 3.97 Å². The summed E-state index contributed by atoms with van der Waals surface area (Å²) in [6.07, 6.45) is 12.8. The van der Waals surface area contributed by atoms with Crippen molar-refractivity contribution in [2.45, 2.75) is 30.3 Å². The Morgan fingerprint density at radius 2 is 1.89 bits per heavy atom. The molecule has 0 radical (unpaired) electrons. The lowest BCUT2D eigenvalue weighted by molar-refractivity contribution is 0.525. The second-order valence-corrected chi connectivity index (χ2v) is 15.8. The molecule has 0 saturated carbocycles. The highest BCUT2D eigenvalue weighted by molar-refractivity contribution is 7.91. The molecule has 6 rings (SSSR count). The number of aromatic amines is 1. The van der Waals surface area contributed by atoms with Crippen LogP contribution in [0.3, 0.4) is 0 Å². The summed E-state index contributed by atoms with van der Waals surface area (Å²) in [7, 11) is -5.83. The van der Waals surface area contributed by atoms with Gasteiger partial charge < -0.3 is 10.3 Å². The molecule has 0 spiro atoms. The van der Waals surface area contributed by atoms with Gasteiger partial charge in [0.25, 0.3) is 5.56 Å². The van der Waals surface area contributed by atoms with Gasteiger partial charge in [0.1, 0.15) is 16.1 Å². The number of anilines is 2. The molecule has 0 saturated heterocycles. The minimum Gasteiger partial charge on any atom is -0.340 e. The van der Waals surface area contributed by atoms with Gasteiger partial charge in [-0.2, -0.15) is 5.10 Å². The zero-order valence-electron chi connectivity index (χ0n) is 25.1. The maximum absolute atomic E-state index is 14.7. The zero-order valence-corrected chi connectivity index (χ0v) is 26.7. The summed E-state index contributed by atoms with van der Waals surface area (Å²) in [6.45, 7) is 3.42. The largest absolute Gasteiger partial charge is 0.340 e. The standard InChI is InChI=1S/C32H32N6O5S2/c1-21-15-24(26-16-22(20-44(4,40)41)8-9-28(26)36-29-7-5-6-12-33-29)17-27(25-18-35-37(3)19-25)32(21,2)45(42,43)38-14-11-23-10-13-34-31(39)30(23)38/h5-19,27H,20H2,1-4H3,(H,33,36)(H,34,39). The number of sulfone groups is 1. The number of hydrogen-bond acceptors (Lipinski definition) is 8. The fourth-order valence-corrected chi connectivity index (χ4v) is 8.77. The third-order valence-corrected chi connectivity index (χ3v) is 11.6. The number of fused-ring (bicyclic) bond motifs is 1. The number of rotatable bonds is 8. The first-order chi connectivity index (χ1) is 21.3. The van der Waals surface area contributed by atoms with Crippen molar-refractivity contribution in [3.63, 3.8) is 0 Å². The molecule has 1 aliphatic rings. The molecule has 2 atom stereocenters. The van der Waals surface area contributed by atoms with Crippen LogP contribution in [0.2, 0.25) is 0 Å². The van der Waals surface area contributed by atoms with E-state index in [1.165, 1.54) is 18.6 Å². The zero-order chi connectivity index (χ0) is 32.1. The Hall–Kier alpha value is -4.75. The Bertz CT molecular complexity index is 2280. The molecular formula is C32H32N6O5S2. The molecule has 1 aromatic carbocycles. The maximum atomic E-state index is 14.7. The van der Waals surface area contributed by atoms with E-state index in [1.54, 1.807) is 80.6 Å². The number of benzene rings is 1. The number of aryl methyl sites for hydroxylation is 1. The van der Waals surface area contributed by atoms with Crippen molar-refractivity contribution in [1.82, 2.24) is 23.7 Å². The van der Waals surface area contributed by atoms with Crippen LogP contribution >= 0.6 is 0 Å². The molecule has 2 unspecified atom stereocenters. The van der Waals surface area contributed by atoms with E-state index < -0.39 is 36.1 Å². The van der Waals surface area contributed by atoms with Crippen LogP contribution in [0.4, 0.5) is 11.5 Å². The van der Waals surface area contributed by atoms with Crippen LogP contribution < -0.4 is 10.9 Å². The van der Waals surface area contributed by atoms with Crippen LogP contribution in [0.15, 0.2) is 102 Å². The van der Waals surface area contributed by atoms with Gasteiger partial charge in [-0.1, -0.05) is 24.3 Å². The van der Waals surface area contributed by atoms with Gasteiger partial charge in [0.05, 0.1) is 11.9 Å². The van der Waals surface area contributed by atoms with Gasteiger partial charge in [-0.3, -0.25) is 9.48 Å². The fourth-order valence-electron chi connectivity index (χ4n) is 5.94. The molecule has 232 valence electrons. The highest BCUT2D eigenvalue weighted by Gasteiger charge is 2.51. The highest BCUT2D eigenvalue weighted by Crippen LogP contribution is 2.48. The molecule has 45 heavy (non-hydrogen) atoms. The molecule has 4 heterocycles. The third kappa shape index (κ3) is 5.42. The SMILES string of the molecule is CC1=CC(c2cc(CS(C)(=O)=O)ccc2Nc2ccccn2)=CC(c2cnn(C)c2)C1(C)S(=O)(=O)n1ccc2cc[nH]c(=O)c21. The van der Waals surface area contributed by atoms with E-state index in [9.17, 15) is 21.6 Å². The van der Waals surface area contributed by atoms with E-state index in [2.05, 4.69) is 20.4 Å². The third-order valence-electron chi connectivity index (χ3n) is 8.30. The first-order valence-corrected chi connectivity index (χ1v) is 17.6. The number of aromatic nitrogens is 5. The second kappa shape index (κ2) is 11.0. The molecule has 0 bridgehead atoms. The Morgan fingerprint density at radius 1 is 1.09 bits per heavy atom. The lowest BCUT2D eigenvalue weighted by Crippen LogP contribution is -2.46. The summed E-state index contributed by atoms with van der Waals surface area (Å²) in [6, 6.07) is 14.1. The van der Waals surface area contributed by atoms with Gasteiger partial charge in [-0.05, 0) is 72.5 Å². The minimum atomic E-state index is -4.26. The summed E-state index contributed by atoms with van der Waals surface area (Å²) in [5, 5.41) is 8.17. The van der Waals surface area contributed by atoms with Crippen molar-refractivity contribution >= 4 is 47.8 Å². The highest BCUT2D eigenvalue weighted by atomic mass is 32.2. The minimum absolute atomic E-state index is 0.0431. The Morgan fingerprint density at radius 3 is 2.58 bits per heavy atom. The van der Waals surface area contributed by atoms with Crippen LogP contribution in [0.5, 0.6) is 0 Å². The van der Waals surface area contributed by atoms with Gasteiger partial charge >= 0.3 is 0 Å². The van der Waals surface area contributed by atoms with Crippen molar-refractivity contribution in [1.29, 1.82) is 0 Å². The topological polar surface area (TPSA) is 149 Å². The first-order valence-electron chi connectivity index (χ1n) is 14.1. The van der Waals surface area contributed by atoms with Crippen LogP contribution in [0, 0.1) is 0 Å². The molecule has 0 aliphatic heterocycles. The van der Waals surface area contributed by atoms with E-state index in [1.807, 2.05) is 24.3 Å². The lowest BCUT2D eigenvalue weighted by Gasteiger charge is -2.39. The van der Waals surface area contributed by atoms with Gasteiger partial charge in [0.15, 0.2) is 9.84 Å². The summed E-state index contributed by atoms with van der Waals surface area (Å²) in [5.74, 6) is -0.307. The summed E-state index contributed by atoms with van der Waals surface area (Å²) < 4.78 is 55.0. The van der Waals surface area contributed by atoms with Crippen molar-refractivity contribution in [3.05, 3.63) is 124 Å². The predicted octanol–water partition coefficient (Wildman–Crippen LogP) is 4.51. The number of hydrogen-bond donors (Lipinski definition) is 2. The van der Waals surface area contributed by atoms with E-state index in [-0.39, 0.29) is 11.3 Å². The number of allylic oxidation sites excluding steroid dienone is 3. The molecule has 2 N–H and O–H groups in total. The number of pyridine rings is 2. The Balaban J connectivity index is 1.56. The molecule has 13 heteroatoms. The fraction of sp³-hybridized carbons (Fsp3) is 0.219. The average molecular weight is 645 g/mol. The van der Waals surface area contributed by atoms with Gasteiger partial charge in [0, 0.05) is 60.6 Å². The smallest absolute Gasteiger partial charge is 0.273 e. The van der Waals surface area contributed by atoms with E-state index >= 15 is 0 Å². The van der Waals surface area contributed by atoms with Crippen molar-refractivity contribution in [2.24, 2.45) is 7.05 Å². The molecule has 1 aliphatic carbocycles. The van der Waals surface area contributed by atoms with Crippen LogP contribution in [0.1, 0.15) is 36.5 Å². The summed E-state index contributed by atoms with van der Waals surface area (Å²) in [5.41, 5.74) is 3.34. The normalized spacial score (nSPS) is 18.9. The van der Waals surface area contributed by atoms with Gasteiger partial charge in [0.2, 0.25) is 10.0 Å². The summed E-state index contributed by atoms with van der Waals surface area (Å²) >= 11 is 0. The van der Waals surface area contributed by atoms with Crippen LogP contribution in [0.25, 0.3) is 16.5 Å². The number of nitrogens with zero attached hydrogens (tertiary/aromatic N) is 4. The molecule has 5 aromatic rings.